The lowest BCUT2D eigenvalue weighted by atomic mass is 10.1. The molecule has 0 fully saturated rings. The third-order valence-corrected chi connectivity index (χ3v) is 3.58. The molecule has 1 heterocycles. The maximum Gasteiger partial charge on any atom is 0.271 e. The predicted octanol–water partition coefficient (Wildman–Crippen LogP) is 2.70. The summed E-state index contributed by atoms with van der Waals surface area (Å²) in [5.74, 6) is -0.292. The van der Waals surface area contributed by atoms with Gasteiger partial charge >= 0.3 is 0 Å². The number of rotatable bonds is 4. The molecule has 0 radical (unpaired) electrons. The first-order valence-corrected chi connectivity index (χ1v) is 7.10. The summed E-state index contributed by atoms with van der Waals surface area (Å²) < 4.78 is 0. The van der Waals surface area contributed by atoms with E-state index in [0.29, 0.717) is 5.69 Å². The number of aliphatic hydroxyl groups is 1. The van der Waals surface area contributed by atoms with Crippen molar-refractivity contribution >= 4 is 16.7 Å². The van der Waals surface area contributed by atoms with Crippen molar-refractivity contribution in [2.24, 2.45) is 0 Å². The number of nitrogens with zero attached hydrogens (tertiary/aromatic N) is 1. The fourth-order valence-corrected chi connectivity index (χ4v) is 2.45. The third kappa shape index (κ3) is 2.82. The molecule has 0 spiro atoms. The van der Waals surface area contributed by atoms with Crippen LogP contribution in [-0.2, 0) is 0 Å². The third-order valence-electron chi connectivity index (χ3n) is 3.58. The lowest BCUT2D eigenvalue weighted by Gasteiger charge is -2.17. The average molecular weight is 292 g/mol. The van der Waals surface area contributed by atoms with Gasteiger partial charge in [-0.15, -0.1) is 0 Å². The number of aromatic nitrogens is 1. The quantitative estimate of drug-likeness (QED) is 0.777. The van der Waals surface area contributed by atoms with Gasteiger partial charge in [-0.3, -0.25) is 9.78 Å². The molecule has 0 saturated carbocycles. The zero-order valence-electron chi connectivity index (χ0n) is 11.9. The standard InChI is InChI=1S/C18H16N2O2/c21-12-16(14-7-2-1-3-8-14)20-18(22)17-15-9-5-4-6-13(15)10-11-19-17/h1-11,16,21H,12H2,(H,20,22). The molecule has 22 heavy (non-hydrogen) atoms. The van der Waals surface area contributed by atoms with E-state index in [9.17, 15) is 9.90 Å². The number of carbonyl (C=O) groups is 1. The number of fused-ring (bicyclic) bond motifs is 1. The Morgan fingerprint density at radius 1 is 1.05 bits per heavy atom. The summed E-state index contributed by atoms with van der Waals surface area (Å²) in [5, 5.41) is 14.2. The van der Waals surface area contributed by atoms with Gasteiger partial charge in [0.25, 0.3) is 5.91 Å². The van der Waals surface area contributed by atoms with Crippen molar-refractivity contribution in [2.45, 2.75) is 6.04 Å². The topological polar surface area (TPSA) is 62.2 Å². The summed E-state index contributed by atoms with van der Waals surface area (Å²) in [6, 6.07) is 18.4. The van der Waals surface area contributed by atoms with Crippen molar-refractivity contribution < 1.29 is 9.90 Å². The number of hydrogen-bond acceptors (Lipinski definition) is 3. The van der Waals surface area contributed by atoms with Gasteiger partial charge in [0, 0.05) is 11.6 Å². The summed E-state index contributed by atoms with van der Waals surface area (Å²) in [4.78, 5) is 16.7. The molecule has 0 aliphatic rings. The molecule has 4 nitrogen and oxygen atoms in total. The van der Waals surface area contributed by atoms with E-state index in [-0.39, 0.29) is 12.5 Å². The van der Waals surface area contributed by atoms with Crippen molar-refractivity contribution in [2.75, 3.05) is 6.61 Å². The van der Waals surface area contributed by atoms with E-state index in [1.165, 1.54) is 0 Å². The van der Waals surface area contributed by atoms with Gasteiger partial charge < -0.3 is 10.4 Å². The molecule has 0 bridgehead atoms. The van der Waals surface area contributed by atoms with Gasteiger partial charge in [0.05, 0.1) is 12.6 Å². The number of nitrogens with one attached hydrogen (secondary N) is 1. The molecule has 0 saturated heterocycles. The number of aliphatic hydroxyl groups excluding tert-OH is 1. The van der Waals surface area contributed by atoms with Crippen LogP contribution in [0.4, 0.5) is 0 Å². The van der Waals surface area contributed by atoms with E-state index in [2.05, 4.69) is 10.3 Å². The number of benzene rings is 2. The second kappa shape index (κ2) is 6.37. The largest absolute Gasteiger partial charge is 0.394 e. The first-order valence-electron chi connectivity index (χ1n) is 7.10. The van der Waals surface area contributed by atoms with Crippen molar-refractivity contribution in [3.05, 3.63) is 78.1 Å². The zero-order chi connectivity index (χ0) is 15.4. The van der Waals surface area contributed by atoms with Gasteiger partial charge in [-0.05, 0) is 17.0 Å². The van der Waals surface area contributed by atoms with E-state index in [1.807, 2.05) is 60.7 Å². The Balaban J connectivity index is 1.90. The Hall–Kier alpha value is -2.72. The van der Waals surface area contributed by atoms with Crippen LogP contribution >= 0.6 is 0 Å². The summed E-state index contributed by atoms with van der Waals surface area (Å²) in [5.41, 5.74) is 1.23. The molecule has 2 aromatic carbocycles. The van der Waals surface area contributed by atoms with Crippen LogP contribution in [0.25, 0.3) is 10.8 Å². The van der Waals surface area contributed by atoms with E-state index in [1.54, 1.807) is 6.20 Å². The normalized spacial score (nSPS) is 12.0. The Labute approximate surface area is 128 Å². The molecule has 2 N–H and O–H groups in total. The van der Waals surface area contributed by atoms with Gasteiger partial charge in [0.15, 0.2) is 0 Å². The van der Waals surface area contributed by atoms with Crippen molar-refractivity contribution in [3.63, 3.8) is 0 Å². The molecule has 0 aliphatic heterocycles. The number of hydrogen-bond donors (Lipinski definition) is 2. The molecule has 1 atom stereocenters. The minimum atomic E-state index is -0.450. The summed E-state index contributed by atoms with van der Waals surface area (Å²) in [6.45, 7) is -0.166. The molecule has 1 amide bonds. The molecule has 110 valence electrons. The highest BCUT2D eigenvalue weighted by molar-refractivity contribution is 6.05. The molecule has 1 unspecified atom stereocenters. The van der Waals surface area contributed by atoms with Gasteiger partial charge in [0.1, 0.15) is 5.69 Å². The second-order valence-corrected chi connectivity index (χ2v) is 5.00. The minimum absolute atomic E-state index is 0.166. The van der Waals surface area contributed by atoms with Crippen LogP contribution in [0, 0.1) is 0 Å². The molecular formula is C18H16N2O2. The van der Waals surface area contributed by atoms with Crippen molar-refractivity contribution in [3.8, 4) is 0 Å². The minimum Gasteiger partial charge on any atom is -0.394 e. The van der Waals surface area contributed by atoms with Crippen LogP contribution in [0.15, 0.2) is 66.9 Å². The fourth-order valence-electron chi connectivity index (χ4n) is 2.45. The second-order valence-electron chi connectivity index (χ2n) is 5.00. The molecule has 3 rings (SSSR count). The maximum absolute atomic E-state index is 12.5. The fraction of sp³-hybridized carbons (Fsp3) is 0.111. The van der Waals surface area contributed by atoms with E-state index in [4.69, 9.17) is 0 Å². The lowest BCUT2D eigenvalue weighted by Crippen LogP contribution is -2.31. The van der Waals surface area contributed by atoms with Gasteiger partial charge in [-0.25, -0.2) is 0 Å². The van der Waals surface area contributed by atoms with Crippen molar-refractivity contribution in [1.29, 1.82) is 0 Å². The highest BCUT2D eigenvalue weighted by atomic mass is 16.3. The smallest absolute Gasteiger partial charge is 0.271 e. The summed E-state index contributed by atoms with van der Waals surface area (Å²) in [6.07, 6.45) is 1.62. The van der Waals surface area contributed by atoms with E-state index >= 15 is 0 Å². The first-order chi connectivity index (χ1) is 10.8. The Kier molecular flexibility index (Phi) is 4.12. The van der Waals surface area contributed by atoms with Crippen LogP contribution in [0.2, 0.25) is 0 Å². The summed E-state index contributed by atoms with van der Waals surface area (Å²) >= 11 is 0. The molecule has 3 aromatic rings. The molecular weight excluding hydrogens is 276 g/mol. The first kappa shape index (κ1) is 14.2. The molecule has 0 aliphatic carbocycles. The number of carbonyl (C=O) groups excluding carboxylic acids is 1. The van der Waals surface area contributed by atoms with Crippen LogP contribution in [-0.4, -0.2) is 22.6 Å². The van der Waals surface area contributed by atoms with Crippen LogP contribution in [0.3, 0.4) is 0 Å². The summed E-state index contributed by atoms with van der Waals surface area (Å²) in [7, 11) is 0. The SMILES string of the molecule is O=C(NC(CO)c1ccccc1)c1nccc2ccccc12. The number of pyridine rings is 1. The zero-order valence-corrected chi connectivity index (χ0v) is 11.9. The highest BCUT2D eigenvalue weighted by Crippen LogP contribution is 2.18. The lowest BCUT2D eigenvalue weighted by molar-refractivity contribution is 0.0913. The van der Waals surface area contributed by atoms with Crippen molar-refractivity contribution in [1.82, 2.24) is 10.3 Å². The Morgan fingerprint density at radius 3 is 2.55 bits per heavy atom. The number of amides is 1. The van der Waals surface area contributed by atoms with Gasteiger partial charge in [-0.1, -0.05) is 54.6 Å². The van der Waals surface area contributed by atoms with Gasteiger partial charge in [-0.2, -0.15) is 0 Å². The van der Waals surface area contributed by atoms with Crippen LogP contribution in [0.1, 0.15) is 22.1 Å². The average Bonchev–Trinajstić information content (AvgIpc) is 2.59. The van der Waals surface area contributed by atoms with Gasteiger partial charge in [0.2, 0.25) is 0 Å². The van der Waals surface area contributed by atoms with E-state index < -0.39 is 6.04 Å². The van der Waals surface area contributed by atoms with E-state index in [0.717, 1.165) is 16.3 Å². The van der Waals surface area contributed by atoms with Crippen LogP contribution in [0.5, 0.6) is 0 Å². The predicted molar refractivity (Wildman–Crippen MR) is 85.5 cm³/mol. The Morgan fingerprint density at radius 2 is 1.77 bits per heavy atom. The Bertz CT molecular complexity index is 782. The maximum atomic E-state index is 12.5. The monoisotopic (exact) mass is 292 g/mol. The molecule has 4 heteroatoms. The highest BCUT2D eigenvalue weighted by Gasteiger charge is 2.17. The van der Waals surface area contributed by atoms with Crippen LogP contribution < -0.4 is 5.32 Å². The molecule has 1 aromatic heterocycles.